The molecule has 0 aromatic heterocycles. The van der Waals surface area contributed by atoms with E-state index < -0.39 is 0 Å². The van der Waals surface area contributed by atoms with Crippen molar-refractivity contribution < 1.29 is 0 Å². The van der Waals surface area contributed by atoms with Crippen molar-refractivity contribution in [2.75, 3.05) is 25.5 Å². The lowest BCUT2D eigenvalue weighted by Crippen LogP contribution is -2.17. The third-order valence-corrected chi connectivity index (χ3v) is 3.97. The Morgan fingerprint density at radius 2 is 1.95 bits per heavy atom. The average Bonchev–Trinajstić information content (AvgIpc) is 2.39. The number of rotatable bonds is 8. The molecule has 0 unspecified atom stereocenters. The van der Waals surface area contributed by atoms with E-state index >= 15 is 0 Å². The fraction of sp³-hybridized carbons (Fsp3) is 0.500. The van der Waals surface area contributed by atoms with E-state index in [0.717, 1.165) is 42.1 Å². The quantitative estimate of drug-likeness (QED) is 0.551. The SMILES string of the molecule is CCCN(CCC)Sc1ccc(NC)c(C(=N)Cl)c1. The van der Waals surface area contributed by atoms with E-state index in [1.165, 1.54) is 0 Å². The lowest BCUT2D eigenvalue weighted by molar-refractivity contribution is 0.467. The molecule has 106 valence electrons. The normalized spacial score (nSPS) is 10.8. The third kappa shape index (κ3) is 5.05. The van der Waals surface area contributed by atoms with E-state index in [-0.39, 0.29) is 5.17 Å². The van der Waals surface area contributed by atoms with Crippen LogP contribution >= 0.6 is 23.5 Å². The molecule has 1 aromatic rings. The Balaban J connectivity index is 2.88. The number of nitrogens with one attached hydrogen (secondary N) is 2. The fourth-order valence-electron chi connectivity index (χ4n) is 1.83. The molecule has 0 fully saturated rings. The Labute approximate surface area is 125 Å². The van der Waals surface area contributed by atoms with E-state index in [0.29, 0.717) is 0 Å². The maximum atomic E-state index is 7.62. The summed E-state index contributed by atoms with van der Waals surface area (Å²) in [5.41, 5.74) is 1.64. The molecule has 1 aromatic carbocycles. The maximum Gasteiger partial charge on any atom is 0.130 e. The molecule has 0 saturated heterocycles. The van der Waals surface area contributed by atoms with Crippen LogP contribution in [0.4, 0.5) is 5.69 Å². The monoisotopic (exact) mass is 299 g/mol. The van der Waals surface area contributed by atoms with Crippen LogP contribution in [0.25, 0.3) is 0 Å². The molecule has 1 rings (SSSR count). The second kappa shape index (κ2) is 8.46. The van der Waals surface area contributed by atoms with E-state index in [4.69, 9.17) is 17.0 Å². The number of anilines is 1. The highest BCUT2D eigenvalue weighted by Gasteiger charge is 2.10. The molecule has 0 aliphatic rings. The van der Waals surface area contributed by atoms with Gasteiger partial charge in [0, 0.05) is 36.3 Å². The van der Waals surface area contributed by atoms with Crippen LogP contribution in [0.5, 0.6) is 0 Å². The van der Waals surface area contributed by atoms with Gasteiger partial charge in [-0.2, -0.15) is 0 Å². The second-order valence-corrected chi connectivity index (χ2v) is 5.84. The van der Waals surface area contributed by atoms with E-state index in [2.05, 4.69) is 29.5 Å². The molecule has 19 heavy (non-hydrogen) atoms. The van der Waals surface area contributed by atoms with E-state index in [9.17, 15) is 0 Å². The summed E-state index contributed by atoms with van der Waals surface area (Å²) >= 11 is 7.58. The van der Waals surface area contributed by atoms with Gasteiger partial charge in [0.25, 0.3) is 0 Å². The first-order valence-corrected chi connectivity index (χ1v) is 7.76. The minimum Gasteiger partial charge on any atom is -0.388 e. The second-order valence-electron chi connectivity index (χ2n) is 4.29. The topological polar surface area (TPSA) is 39.1 Å². The summed E-state index contributed by atoms with van der Waals surface area (Å²) in [6, 6.07) is 6.02. The van der Waals surface area contributed by atoms with Gasteiger partial charge in [0.1, 0.15) is 5.17 Å². The minimum absolute atomic E-state index is 0.0735. The summed E-state index contributed by atoms with van der Waals surface area (Å²) in [5, 5.41) is 10.8. The molecule has 0 heterocycles. The predicted octanol–water partition coefficient (Wildman–Crippen LogP) is 4.42. The minimum atomic E-state index is 0.0735. The van der Waals surface area contributed by atoms with Crippen molar-refractivity contribution in [3.8, 4) is 0 Å². The standard InChI is InChI=1S/C14H22ClN3S/c1-4-8-18(9-5-2)19-11-6-7-13(17-3)12(10-11)14(15)16/h6-7,10,16-17H,4-5,8-9H2,1-3H3. The van der Waals surface area contributed by atoms with Crippen molar-refractivity contribution in [1.29, 1.82) is 5.41 Å². The summed E-state index contributed by atoms with van der Waals surface area (Å²) in [5.74, 6) is 0. The molecule has 3 nitrogen and oxygen atoms in total. The highest BCUT2D eigenvalue weighted by molar-refractivity contribution is 7.97. The lowest BCUT2D eigenvalue weighted by Gasteiger charge is -2.20. The largest absolute Gasteiger partial charge is 0.388 e. The fourth-order valence-corrected chi connectivity index (χ4v) is 3.13. The smallest absolute Gasteiger partial charge is 0.130 e. The van der Waals surface area contributed by atoms with Crippen molar-refractivity contribution in [2.24, 2.45) is 0 Å². The highest BCUT2D eigenvalue weighted by atomic mass is 35.5. The first-order valence-electron chi connectivity index (χ1n) is 6.61. The van der Waals surface area contributed by atoms with E-state index in [1.807, 2.05) is 19.2 Å². The van der Waals surface area contributed by atoms with Crippen molar-refractivity contribution in [3.05, 3.63) is 23.8 Å². The summed E-state index contributed by atoms with van der Waals surface area (Å²) < 4.78 is 2.36. The molecule has 0 atom stereocenters. The Morgan fingerprint density at radius 1 is 1.32 bits per heavy atom. The maximum absolute atomic E-state index is 7.62. The van der Waals surface area contributed by atoms with Crippen LogP contribution in [0.1, 0.15) is 32.3 Å². The van der Waals surface area contributed by atoms with Crippen molar-refractivity contribution in [1.82, 2.24) is 4.31 Å². The Kier molecular flexibility index (Phi) is 7.28. The number of halogens is 1. The zero-order chi connectivity index (χ0) is 14.3. The Hall–Kier alpha value is -0.710. The van der Waals surface area contributed by atoms with Gasteiger partial charge in [-0.15, -0.1) is 0 Å². The molecule has 0 radical (unpaired) electrons. The van der Waals surface area contributed by atoms with Gasteiger partial charge >= 0.3 is 0 Å². The van der Waals surface area contributed by atoms with Gasteiger partial charge < -0.3 is 5.32 Å². The molecule has 2 N–H and O–H groups in total. The molecular weight excluding hydrogens is 278 g/mol. The van der Waals surface area contributed by atoms with Crippen LogP contribution in [-0.2, 0) is 0 Å². The summed E-state index contributed by atoms with van der Waals surface area (Å²) in [6.07, 6.45) is 2.28. The third-order valence-electron chi connectivity index (χ3n) is 2.68. The molecule has 0 spiro atoms. The van der Waals surface area contributed by atoms with Gasteiger partial charge in [-0.1, -0.05) is 25.4 Å². The molecule has 0 amide bonds. The number of hydrogen-bond acceptors (Lipinski definition) is 4. The van der Waals surface area contributed by atoms with Gasteiger partial charge in [-0.25, -0.2) is 4.31 Å². The number of benzene rings is 1. The van der Waals surface area contributed by atoms with Crippen LogP contribution in [0.15, 0.2) is 23.1 Å². The van der Waals surface area contributed by atoms with Crippen molar-refractivity contribution in [2.45, 2.75) is 31.6 Å². The summed E-state index contributed by atoms with van der Waals surface area (Å²) in [7, 11) is 1.84. The highest BCUT2D eigenvalue weighted by Crippen LogP contribution is 2.28. The predicted molar refractivity (Wildman–Crippen MR) is 86.7 cm³/mol. The molecule has 5 heteroatoms. The molecule has 0 aliphatic heterocycles. The van der Waals surface area contributed by atoms with Crippen LogP contribution in [0.2, 0.25) is 0 Å². The molecule has 0 aliphatic carbocycles. The van der Waals surface area contributed by atoms with Crippen LogP contribution in [0.3, 0.4) is 0 Å². The Bertz CT molecular complexity index is 417. The molecular formula is C14H22ClN3S. The van der Waals surface area contributed by atoms with Crippen LogP contribution in [-0.4, -0.2) is 29.6 Å². The van der Waals surface area contributed by atoms with Gasteiger partial charge in [0.2, 0.25) is 0 Å². The molecule has 0 saturated carbocycles. The van der Waals surface area contributed by atoms with Crippen LogP contribution in [0, 0.1) is 5.41 Å². The van der Waals surface area contributed by atoms with Gasteiger partial charge in [0.15, 0.2) is 0 Å². The van der Waals surface area contributed by atoms with Gasteiger partial charge in [-0.05, 0) is 43.0 Å². The zero-order valence-corrected chi connectivity index (χ0v) is 13.4. The van der Waals surface area contributed by atoms with Gasteiger partial charge in [0.05, 0.1) is 0 Å². The first-order chi connectivity index (χ1) is 9.12. The van der Waals surface area contributed by atoms with Crippen molar-refractivity contribution >= 4 is 34.4 Å². The lowest BCUT2D eigenvalue weighted by atomic mass is 10.2. The number of nitrogens with zero attached hydrogens (tertiary/aromatic N) is 1. The van der Waals surface area contributed by atoms with Gasteiger partial charge in [-0.3, -0.25) is 5.41 Å². The van der Waals surface area contributed by atoms with E-state index in [1.54, 1.807) is 11.9 Å². The zero-order valence-electron chi connectivity index (χ0n) is 11.8. The average molecular weight is 300 g/mol. The summed E-state index contributed by atoms with van der Waals surface area (Å²) in [4.78, 5) is 1.13. The molecule has 0 bridgehead atoms. The summed E-state index contributed by atoms with van der Waals surface area (Å²) in [6.45, 7) is 6.51. The Morgan fingerprint density at radius 3 is 2.42 bits per heavy atom. The number of hydrogen-bond donors (Lipinski definition) is 2. The van der Waals surface area contributed by atoms with Crippen LogP contribution < -0.4 is 5.32 Å². The van der Waals surface area contributed by atoms with Crippen molar-refractivity contribution in [3.63, 3.8) is 0 Å². The first kappa shape index (κ1) is 16.3.